The van der Waals surface area contributed by atoms with Crippen molar-refractivity contribution in [2.24, 2.45) is 0 Å². The molecule has 0 amide bonds. The Morgan fingerprint density at radius 1 is 0.291 bits per heavy atom. The maximum absolute atomic E-state index is 6.30. The van der Waals surface area contributed by atoms with Crippen LogP contribution in [0.2, 0.25) is 0 Å². The normalized spacial score (nSPS) is 12.0. The molecule has 0 saturated carbocycles. The van der Waals surface area contributed by atoms with Gasteiger partial charge in [-0.15, -0.1) is 0 Å². The Balaban J connectivity index is 1.02. The summed E-state index contributed by atoms with van der Waals surface area (Å²) < 4.78 is 11.1. The molecule has 0 spiro atoms. The number of nitrogens with zero attached hydrogens (tertiary/aromatic N) is 2. The zero-order valence-electron chi connectivity index (χ0n) is 29.8. The van der Waals surface area contributed by atoms with E-state index in [1.54, 1.807) is 0 Å². The molecule has 0 N–H and O–H groups in total. The molecule has 12 aromatic rings. The van der Waals surface area contributed by atoms with Gasteiger partial charge in [0.1, 0.15) is 11.2 Å². The van der Waals surface area contributed by atoms with Gasteiger partial charge in [0.2, 0.25) is 0 Å². The van der Waals surface area contributed by atoms with Gasteiger partial charge in [0.15, 0.2) is 0 Å². The summed E-state index contributed by atoms with van der Waals surface area (Å²) in [5.74, 6) is 0. The van der Waals surface area contributed by atoms with Gasteiger partial charge in [-0.2, -0.15) is 0 Å². The quantitative estimate of drug-likeness (QED) is 0.179. The van der Waals surface area contributed by atoms with Gasteiger partial charge in [0.25, 0.3) is 0 Å². The Bertz CT molecular complexity index is 3490. The highest BCUT2D eigenvalue weighted by Gasteiger charge is 2.18. The van der Waals surface area contributed by atoms with E-state index in [0.29, 0.717) is 0 Å². The van der Waals surface area contributed by atoms with Crippen molar-refractivity contribution in [1.82, 2.24) is 9.13 Å². The first-order valence-electron chi connectivity index (χ1n) is 18.8. The molecule has 3 heterocycles. The van der Waals surface area contributed by atoms with Crippen molar-refractivity contribution in [3.8, 4) is 33.6 Å². The number of hydrogen-bond acceptors (Lipinski definition) is 1. The number of para-hydroxylation sites is 4. The molecule has 0 aliphatic carbocycles. The molecule has 3 aromatic heterocycles. The molecular weight excluding hydrogens is 669 g/mol. The highest BCUT2D eigenvalue weighted by atomic mass is 16.3. The topological polar surface area (TPSA) is 23.0 Å². The van der Waals surface area contributed by atoms with Crippen LogP contribution in [0.3, 0.4) is 0 Å². The van der Waals surface area contributed by atoms with E-state index in [4.69, 9.17) is 4.42 Å². The summed E-state index contributed by atoms with van der Waals surface area (Å²) in [5, 5.41) is 9.70. The van der Waals surface area contributed by atoms with E-state index < -0.39 is 0 Å². The van der Waals surface area contributed by atoms with Crippen LogP contribution in [0.1, 0.15) is 0 Å². The lowest BCUT2D eigenvalue weighted by molar-refractivity contribution is 0.669. The summed E-state index contributed by atoms with van der Waals surface area (Å²) >= 11 is 0. The number of aromatic nitrogens is 2. The minimum Gasteiger partial charge on any atom is -0.456 e. The Kier molecular flexibility index (Phi) is 6.34. The first kappa shape index (κ1) is 30.1. The molecule has 0 unspecified atom stereocenters. The van der Waals surface area contributed by atoms with Gasteiger partial charge in [-0.05, 0) is 100 Å². The van der Waals surface area contributed by atoms with Crippen molar-refractivity contribution < 1.29 is 4.42 Å². The van der Waals surface area contributed by atoms with Gasteiger partial charge in [-0.1, -0.05) is 121 Å². The molecule has 0 fully saturated rings. The SMILES string of the molecule is c1ccc(-n2c3ccccc3c3cc(-c4ccc5c(c4)c4ccccc4n5-c4ccc(-c5ccc6c(c5)oc5ccccc56)c5ccccc45)ccc32)cc1. The second kappa shape index (κ2) is 11.6. The van der Waals surface area contributed by atoms with E-state index in [1.807, 2.05) is 12.1 Å². The van der Waals surface area contributed by atoms with Crippen molar-refractivity contribution in [2.45, 2.75) is 0 Å². The number of benzene rings is 9. The van der Waals surface area contributed by atoms with Crippen LogP contribution in [-0.4, -0.2) is 9.13 Å². The molecule has 0 radical (unpaired) electrons. The van der Waals surface area contributed by atoms with Crippen LogP contribution in [0.15, 0.2) is 199 Å². The third kappa shape index (κ3) is 4.44. The first-order chi connectivity index (χ1) is 27.3. The van der Waals surface area contributed by atoms with Gasteiger partial charge in [0, 0.05) is 43.4 Å². The fraction of sp³-hybridized carbons (Fsp3) is 0. The molecule has 0 atom stereocenters. The third-order valence-electron chi connectivity index (χ3n) is 11.5. The van der Waals surface area contributed by atoms with Crippen LogP contribution in [-0.2, 0) is 0 Å². The minimum atomic E-state index is 0.908. The molecule has 0 saturated heterocycles. The van der Waals surface area contributed by atoms with Crippen LogP contribution in [0, 0.1) is 0 Å². The summed E-state index contributed by atoms with van der Waals surface area (Å²) in [6, 6.07) is 70.3. The lowest BCUT2D eigenvalue weighted by atomic mass is 9.96. The average molecular weight is 701 g/mol. The third-order valence-corrected chi connectivity index (χ3v) is 11.5. The molecule has 0 aliphatic rings. The lowest BCUT2D eigenvalue weighted by Gasteiger charge is -2.15. The van der Waals surface area contributed by atoms with Gasteiger partial charge >= 0.3 is 0 Å². The summed E-state index contributed by atoms with van der Waals surface area (Å²) in [6.07, 6.45) is 0. The fourth-order valence-corrected chi connectivity index (χ4v) is 9.04. The minimum absolute atomic E-state index is 0.908. The van der Waals surface area contributed by atoms with E-state index in [2.05, 4.69) is 191 Å². The monoisotopic (exact) mass is 700 g/mol. The average Bonchev–Trinajstić information content (AvgIpc) is 3.90. The molecular formula is C52H32N2O. The molecule has 9 aromatic carbocycles. The van der Waals surface area contributed by atoms with Crippen molar-refractivity contribution in [3.63, 3.8) is 0 Å². The Labute approximate surface area is 316 Å². The summed E-state index contributed by atoms with van der Waals surface area (Å²) in [6.45, 7) is 0. The summed E-state index contributed by atoms with van der Waals surface area (Å²) in [4.78, 5) is 0. The van der Waals surface area contributed by atoms with Gasteiger partial charge < -0.3 is 13.6 Å². The molecule has 55 heavy (non-hydrogen) atoms. The van der Waals surface area contributed by atoms with E-state index in [9.17, 15) is 0 Å². The van der Waals surface area contributed by atoms with E-state index in [0.717, 1.165) is 27.5 Å². The molecule has 3 heteroatoms. The smallest absolute Gasteiger partial charge is 0.136 e. The summed E-state index contributed by atoms with van der Waals surface area (Å²) in [5.41, 5.74) is 13.7. The highest BCUT2D eigenvalue weighted by Crippen LogP contribution is 2.41. The van der Waals surface area contributed by atoms with E-state index in [1.165, 1.54) is 82.4 Å². The summed E-state index contributed by atoms with van der Waals surface area (Å²) in [7, 11) is 0. The van der Waals surface area contributed by atoms with E-state index >= 15 is 0 Å². The number of furan rings is 1. The Morgan fingerprint density at radius 2 is 0.818 bits per heavy atom. The van der Waals surface area contributed by atoms with Crippen LogP contribution in [0.5, 0.6) is 0 Å². The van der Waals surface area contributed by atoms with Crippen LogP contribution < -0.4 is 0 Å². The van der Waals surface area contributed by atoms with Crippen LogP contribution in [0.4, 0.5) is 0 Å². The zero-order chi connectivity index (χ0) is 36.0. The molecule has 0 bridgehead atoms. The van der Waals surface area contributed by atoms with Gasteiger partial charge in [0.05, 0.1) is 27.8 Å². The maximum atomic E-state index is 6.30. The predicted molar refractivity (Wildman–Crippen MR) is 231 cm³/mol. The standard InChI is InChI=1S/C52H32N2O/c1-2-12-36(13-3-1)53-46-19-9-6-16-40(46)44-30-33(23-27-49(44)53)34-24-28-50-45(31-34)41-17-7-10-20-47(41)54(50)48-29-26-37(38-14-4-5-15-39(38)48)35-22-25-43-42-18-8-11-21-51(42)55-52(43)32-35/h1-32H. The number of fused-ring (bicyclic) bond motifs is 10. The predicted octanol–water partition coefficient (Wildman–Crippen LogP) is 14.3. The lowest BCUT2D eigenvalue weighted by Crippen LogP contribution is -1.96. The van der Waals surface area contributed by atoms with Crippen molar-refractivity contribution in [1.29, 1.82) is 0 Å². The van der Waals surface area contributed by atoms with Crippen LogP contribution >= 0.6 is 0 Å². The largest absolute Gasteiger partial charge is 0.456 e. The zero-order valence-corrected chi connectivity index (χ0v) is 29.8. The van der Waals surface area contributed by atoms with Crippen molar-refractivity contribution >= 4 is 76.3 Å². The maximum Gasteiger partial charge on any atom is 0.136 e. The van der Waals surface area contributed by atoms with E-state index in [-0.39, 0.29) is 0 Å². The van der Waals surface area contributed by atoms with Crippen LogP contribution in [0.25, 0.3) is 110 Å². The molecule has 3 nitrogen and oxygen atoms in total. The van der Waals surface area contributed by atoms with Gasteiger partial charge in [-0.3, -0.25) is 0 Å². The van der Waals surface area contributed by atoms with Crippen molar-refractivity contribution in [2.75, 3.05) is 0 Å². The Morgan fingerprint density at radius 3 is 1.55 bits per heavy atom. The molecule has 256 valence electrons. The second-order valence-corrected chi connectivity index (χ2v) is 14.5. The van der Waals surface area contributed by atoms with Crippen molar-refractivity contribution in [3.05, 3.63) is 194 Å². The molecule has 0 aliphatic heterocycles. The Hall–Kier alpha value is -7.36. The molecule has 12 rings (SSSR count). The van der Waals surface area contributed by atoms with Gasteiger partial charge in [-0.25, -0.2) is 0 Å². The highest BCUT2D eigenvalue weighted by molar-refractivity contribution is 6.14. The number of hydrogen-bond donors (Lipinski definition) is 0. The second-order valence-electron chi connectivity index (χ2n) is 14.5. The first-order valence-corrected chi connectivity index (χ1v) is 18.8. The fourth-order valence-electron chi connectivity index (χ4n) is 9.04. The number of rotatable bonds is 4.